The van der Waals surface area contributed by atoms with E-state index in [0.717, 1.165) is 22.3 Å². The largest absolute Gasteiger partial charge is 0.366 e. The molecule has 1 aliphatic rings. The molecule has 0 amide bonds. The summed E-state index contributed by atoms with van der Waals surface area (Å²) >= 11 is 0. The molecule has 182 valence electrons. The second-order valence-electron chi connectivity index (χ2n) is 8.84. The van der Waals surface area contributed by atoms with E-state index in [4.69, 9.17) is 9.47 Å². The summed E-state index contributed by atoms with van der Waals surface area (Å²) in [6.07, 6.45) is 0.935. The molecule has 4 aromatic rings. The summed E-state index contributed by atoms with van der Waals surface area (Å²) in [7, 11) is -3.71. The molecule has 1 aliphatic heterocycles. The predicted molar refractivity (Wildman–Crippen MR) is 141 cm³/mol. The van der Waals surface area contributed by atoms with Crippen LogP contribution in [0.25, 0.3) is 0 Å². The summed E-state index contributed by atoms with van der Waals surface area (Å²) in [5.41, 5.74) is 2.91. The highest BCUT2D eigenvalue weighted by Crippen LogP contribution is 2.41. The summed E-state index contributed by atoms with van der Waals surface area (Å²) in [6, 6.07) is 36.9. The van der Waals surface area contributed by atoms with Crippen LogP contribution in [0.5, 0.6) is 0 Å². The third-order valence-corrected chi connectivity index (χ3v) is 8.48. The van der Waals surface area contributed by atoms with Crippen LogP contribution >= 0.6 is 0 Å². The summed E-state index contributed by atoms with van der Waals surface area (Å²) in [6.45, 7) is 2.22. The van der Waals surface area contributed by atoms with Crippen molar-refractivity contribution in [2.24, 2.45) is 0 Å². The van der Waals surface area contributed by atoms with E-state index in [1.54, 1.807) is 30.3 Å². The number of rotatable bonds is 8. The van der Waals surface area contributed by atoms with Gasteiger partial charge >= 0.3 is 0 Å². The van der Waals surface area contributed by atoms with Gasteiger partial charge in [-0.3, -0.25) is 0 Å². The monoisotopic (exact) mass is 496 g/mol. The maximum absolute atomic E-state index is 13.5. The van der Waals surface area contributed by atoms with Gasteiger partial charge in [0.1, 0.15) is 11.7 Å². The lowest BCUT2D eigenvalue weighted by molar-refractivity contribution is -0.0386. The lowest BCUT2D eigenvalue weighted by atomic mass is 9.80. The lowest BCUT2D eigenvalue weighted by Gasteiger charge is -2.36. The fourth-order valence-electron chi connectivity index (χ4n) is 4.70. The Morgan fingerprint density at radius 1 is 0.750 bits per heavy atom. The first-order valence-electron chi connectivity index (χ1n) is 12.0. The third-order valence-electron chi connectivity index (χ3n) is 6.53. The van der Waals surface area contributed by atoms with Crippen molar-refractivity contribution in [3.63, 3.8) is 0 Å². The standard InChI is InChI=1S/C31H28O4S/c1-24-17-19-28(20-18-24)36(32,33)30-21-22-34-29(30)23-35-31(25-11-5-2-6-12-25,26-13-7-3-8-14-26)27-15-9-4-10-16-27/h2-21,29H,22-23H2,1H3/t29-/m1/s1. The Kier molecular flexibility index (Phi) is 6.88. The highest BCUT2D eigenvalue weighted by atomic mass is 32.2. The summed E-state index contributed by atoms with van der Waals surface area (Å²) in [4.78, 5) is 0.504. The Morgan fingerprint density at radius 2 is 1.22 bits per heavy atom. The number of sulfone groups is 1. The van der Waals surface area contributed by atoms with E-state index in [1.807, 2.05) is 97.9 Å². The van der Waals surface area contributed by atoms with Gasteiger partial charge in [0, 0.05) is 0 Å². The van der Waals surface area contributed by atoms with Gasteiger partial charge in [-0.25, -0.2) is 8.42 Å². The van der Waals surface area contributed by atoms with Gasteiger partial charge in [0.25, 0.3) is 0 Å². The fourth-order valence-corrected chi connectivity index (χ4v) is 6.23. The molecule has 0 aliphatic carbocycles. The Balaban J connectivity index is 1.55. The van der Waals surface area contributed by atoms with Crippen LogP contribution < -0.4 is 0 Å². The molecule has 36 heavy (non-hydrogen) atoms. The van der Waals surface area contributed by atoms with Crippen molar-refractivity contribution >= 4 is 9.84 Å². The SMILES string of the molecule is Cc1ccc(S(=O)(=O)C2=CCO[C@@H]2COC(c2ccccc2)(c2ccccc2)c2ccccc2)cc1. The van der Waals surface area contributed by atoms with Gasteiger partial charge in [0.2, 0.25) is 9.84 Å². The fraction of sp³-hybridized carbons (Fsp3) is 0.161. The second kappa shape index (κ2) is 10.2. The summed E-state index contributed by atoms with van der Waals surface area (Å²) in [5, 5.41) is 0. The molecule has 1 atom stereocenters. The Hall–Kier alpha value is -3.51. The minimum atomic E-state index is -3.71. The molecule has 0 aromatic heterocycles. The zero-order valence-corrected chi connectivity index (χ0v) is 20.9. The van der Waals surface area contributed by atoms with Crippen molar-refractivity contribution in [1.82, 2.24) is 0 Å². The van der Waals surface area contributed by atoms with E-state index < -0.39 is 21.5 Å². The molecule has 0 saturated carbocycles. The van der Waals surface area contributed by atoms with Gasteiger partial charge in [-0.05, 0) is 41.8 Å². The van der Waals surface area contributed by atoms with E-state index in [0.29, 0.717) is 0 Å². The molecule has 5 heteroatoms. The van der Waals surface area contributed by atoms with E-state index in [-0.39, 0.29) is 23.0 Å². The molecule has 0 fully saturated rings. The van der Waals surface area contributed by atoms with Crippen molar-refractivity contribution < 1.29 is 17.9 Å². The van der Waals surface area contributed by atoms with Gasteiger partial charge in [-0.2, -0.15) is 0 Å². The molecule has 0 unspecified atom stereocenters. The first kappa shape index (κ1) is 24.2. The first-order chi connectivity index (χ1) is 17.5. The van der Waals surface area contributed by atoms with Crippen LogP contribution in [-0.2, 0) is 24.9 Å². The van der Waals surface area contributed by atoms with Crippen molar-refractivity contribution in [2.75, 3.05) is 13.2 Å². The van der Waals surface area contributed by atoms with Gasteiger partial charge in [0.15, 0.2) is 0 Å². The third kappa shape index (κ3) is 4.53. The summed E-state index contributed by atoms with van der Waals surface area (Å²) in [5.74, 6) is 0. The maximum Gasteiger partial charge on any atom is 0.205 e. The van der Waals surface area contributed by atoms with Crippen LogP contribution in [0.3, 0.4) is 0 Å². The van der Waals surface area contributed by atoms with Crippen LogP contribution in [0.4, 0.5) is 0 Å². The van der Waals surface area contributed by atoms with Gasteiger partial charge < -0.3 is 9.47 Å². The maximum atomic E-state index is 13.5. The second-order valence-corrected chi connectivity index (χ2v) is 10.8. The molecule has 0 radical (unpaired) electrons. The van der Waals surface area contributed by atoms with Crippen LogP contribution in [-0.4, -0.2) is 27.7 Å². The van der Waals surface area contributed by atoms with Crippen molar-refractivity contribution in [3.05, 3.63) is 148 Å². The number of aryl methyl sites for hydroxylation is 1. The van der Waals surface area contributed by atoms with E-state index in [2.05, 4.69) is 0 Å². The highest BCUT2D eigenvalue weighted by molar-refractivity contribution is 7.95. The smallest absolute Gasteiger partial charge is 0.205 e. The van der Waals surface area contributed by atoms with E-state index in [9.17, 15) is 8.42 Å². The van der Waals surface area contributed by atoms with Crippen molar-refractivity contribution in [1.29, 1.82) is 0 Å². The van der Waals surface area contributed by atoms with Crippen LogP contribution in [0.2, 0.25) is 0 Å². The topological polar surface area (TPSA) is 52.6 Å². The van der Waals surface area contributed by atoms with E-state index >= 15 is 0 Å². The molecular formula is C31H28O4S. The molecule has 0 N–H and O–H groups in total. The molecule has 5 rings (SSSR count). The normalized spacial score (nSPS) is 16.0. The molecule has 4 nitrogen and oxygen atoms in total. The molecule has 4 aromatic carbocycles. The quantitative estimate of drug-likeness (QED) is 0.278. The van der Waals surface area contributed by atoms with Crippen molar-refractivity contribution in [3.8, 4) is 0 Å². The van der Waals surface area contributed by atoms with Crippen LogP contribution in [0.15, 0.2) is 131 Å². The average Bonchev–Trinajstić information content (AvgIpc) is 3.41. The highest BCUT2D eigenvalue weighted by Gasteiger charge is 2.40. The Bertz CT molecular complexity index is 1330. The minimum absolute atomic E-state index is 0.0651. The Morgan fingerprint density at radius 3 is 1.69 bits per heavy atom. The molecular weight excluding hydrogens is 468 g/mol. The number of benzene rings is 4. The van der Waals surface area contributed by atoms with Crippen LogP contribution in [0.1, 0.15) is 22.3 Å². The van der Waals surface area contributed by atoms with Gasteiger partial charge in [-0.15, -0.1) is 0 Å². The molecule has 0 bridgehead atoms. The summed E-state index contributed by atoms with van der Waals surface area (Å²) < 4.78 is 39.7. The minimum Gasteiger partial charge on any atom is -0.366 e. The predicted octanol–water partition coefficient (Wildman–Crippen LogP) is 6.06. The van der Waals surface area contributed by atoms with Gasteiger partial charge in [0.05, 0.1) is 23.0 Å². The van der Waals surface area contributed by atoms with Crippen LogP contribution in [0, 0.1) is 6.92 Å². The molecule has 0 spiro atoms. The number of ether oxygens (including phenoxy) is 2. The number of hydrogen-bond acceptors (Lipinski definition) is 4. The molecule has 0 saturated heterocycles. The number of hydrogen-bond donors (Lipinski definition) is 0. The first-order valence-corrected chi connectivity index (χ1v) is 13.4. The molecule has 1 heterocycles. The lowest BCUT2D eigenvalue weighted by Crippen LogP contribution is -2.36. The van der Waals surface area contributed by atoms with Gasteiger partial charge in [-0.1, -0.05) is 109 Å². The zero-order valence-electron chi connectivity index (χ0n) is 20.1. The average molecular weight is 497 g/mol. The zero-order chi connectivity index (χ0) is 25.0. The van der Waals surface area contributed by atoms with Crippen molar-refractivity contribution in [2.45, 2.75) is 23.5 Å². The Labute approximate surface area is 212 Å². The van der Waals surface area contributed by atoms with E-state index in [1.165, 1.54) is 0 Å².